The third kappa shape index (κ3) is 4.08. The van der Waals surface area contributed by atoms with Gasteiger partial charge >= 0.3 is 0 Å². The number of aryl methyl sites for hydroxylation is 1. The fourth-order valence-corrected chi connectivity index (χ4v) is 4.11. The second-order valence-corrected chi connectivity index (χ2v) is 7.87. The highest BCUT2D eigenvalue weighted by Gasteiger charge is 2.25. The Morgan fingerprint density at radius 2 is 1.94 bits per heavy atom. The SMILES string of the molecule is [2H]C1([2H])C(n2c(=O)c(C(C)=O)c(C)c3cnc(Nc4ccc(N5CCNCC5)cn4)nc32)C([2H])([2H])C([2H])([2H])C1([2H])[2H]. The van der Waals surface area contributed by atoms with Crippen molar-refractivity contribution >= 4 is 34.3 Å². The maximum absolute atomic E-state index is 13.7. The van der Waals surface area contributed by atoms with Crippen LogP contribution in [-0.2, 0) is 0 Å². The number of pyridine rings is 2. The van der Waals surface area contributed by atoms with Gasteiger partial charge in [0.1, 0.15) is 11.5 Å². The Hall–Kier alpha value is -3.33. The maximum Gasteiger partial charge on any atom is 0.263 e. The van der Waals surface area contributed by atoms with E-state index in [1.54, 1.807) is 12.3 Å². The highest BCUT2D eigenvalue weighted by atomic mass is 16.1. The number of nitrogens with zero attached hydrogens (tertiary/aromatic N) is 5. The van der Waals surface area contributed by atoms with Crippen LogP contribution < -0.4 is 21.1 Å². The normalized spacial score (nSPS) is 26.7. The minimum atomic E-state index is -3.34. The van der Waals surface area contributed by atoms with E-state index in [9.17, 15) is 9.59 Å². The zero-order valence-corrected chi connectivity index (χ0v) is 18.3. The van der Waals surface area contributed by atoms with E-state index in [1.165, 1.54) is 13.1 Å². The molecule has 9 heteroatoms. The highest BCUT2D eigenvalue weighted by molar-refractivity contribution is 5.99. The molecule has 2 fully saturated rings. The molecule has 0 spiro atoms. The predicted octanol–water partition coefficient (Wildman–Crippen LogP) is 2.97. The zero-order valence-electron chi connectivity index (χ0n) is 26.3. The van der Waals surface area contributed by atoms with Gasteiger partial charge in [-0.25, -0.2) is 9.97 Å². The Bertz CT molecular complexity index is 1560. The molecule has 2 aliphatic rings. The van der Waals surface area contributed by atoms with Crippen molar-refractivity contribution in [1.82, 2.24) is 24.8 Å². The third-order valence-corrected chi connectivity index (χ3v) is 5.77. The number of fused-ring (bicyclic) bond motifs is 1. The predicted molar refractivity (Wildman–Crippen MR) is 129 cm³/mol. The first-order valence-electron chi connectivity index (χ1n) is 14.7. The van der Waals surface area contributed by atoms with Crippen molar-refractivity contribution in [1.29, 1.82) is 0 Å². The molecule has 1 aliphatic heterocycles. The zero-order chi connectivity index (χ0) is 30.1. The second kappa shape index (κ2) is 8.90. The molecule has 1 saturated carbocycles. The van der Waals surface area contributed by atoms with Crippen molar-refractivity contribution in [2.45, 2.75) is 45.4 Å². The number of carbonyl (C=O) groups excluding carboxylic acids is 1. The quantitative estimate of drug-likeness (QED) is 0.566. The highest BCUT2D eigenvalue weighted by Crippen LogP contribution is 2.32. The Morgan fingerprint density at radius 3 is 2.61 bits per heavy atom. The average molecular weight is 456 g/mol. The molecule has 3 aromatic heterocycles. The molecule has 1 saturated heterocycles. The summed E-state index contributed by atoms with van der Waals surface area (Å²) in [5.41, 5.74) is -0.641. The van der Waals surface area contributed by atoms with Crippen LogP contribution >= 0.6 is 0 Å². The minimum Gasteiger partial charge on any atom is -0.368 e. The number of ketones is 1. The topological polar surface area (TPSA) is 105 Å². The van der Waals surface area contributed by atoms with E-state index in [0.29, 0.717) is 10.4 Å². The number of carbonyl (C=O) groups is 1. The van der Waals surface area contributed by atoms with Gasteiger partial charge in [0.25, 0.3) is 5.56 Å². The van der Waals surface area contributed by atoms with Crippen molar-refractivity contribution < 1.29 is 15.8 Å². The van der Waals surface area contributed by atoms with Gasteiger partial charge in [0.15, 0.2) is 5.78 Å². The Kier molecular flexibility index (Phi) is 3.79. The smallest absolute Gasteiger partial charge is 0.263 e. The number of aromatic nitrogens is 4. The Balaban J connectivity index is 1.66. The van der Waals surface area contributed by atoms with Gasteiger partial charge in [-0.1, -0.05) is 12.7 Å². The molecule has 5 rings (SSSR count). The van der Waals surface area contributed by atoms with Crippen LogP contribution in [0.4, 0.5) is 17.5 Å². The van der Waals surface area contributed by atoms with Gasteiger partial charge in [0.2, 0.25) is 5.95 Å². The standard InChI is InChI=1S/C24H29N7O2/c1-15-19-14-27-24(28-20-8-7-18(13-26-20)30-11-9-25-10-12-30)29-22(19)31(17-5-3-4-6-17)23(33)21(15)16(2)32/h7-8,13-14,17,25H,3-6,9-12H2,1-2H3,(H,26,27,28,29)/i3D2,4D2,5D2,6D2. The van der Waals surface area contributed by atoms with Crippen molar-refractivity contribution in [3.05, 3.63) is 46.0 Å². The van der Waals surface area contributed by atoms with Crippen molar-refractivity contribution in [3.8, 4) is 0 Å². The summed E-state index contributed by atoms with van der Waals surface area (Å²) in [6.07, 6.45) is -10.2. The summed E-state index contributed by atoms with van der Waals surface area (Å²) in [4.78, 5) is 41.5. The van der Waals surface area contributed by atoms with E-state index in [4.69, 9.17) is 11.0 Å². The second-order valence-electron chi connectivity index (χ2n) is 7.87. The van der Waals surface area contributed by atoms with Crippen LogP contribution in [0, 0.1) is 6.92 Å². The van der Waals surface area contributed by atoms with Crippen LogP contribution in [0.2, 0.25) is 0 Å². The molecule has 33 heavy (non-hydrogen) atoms. The van der Waals surface area contributed by atoms with Crippen molar-refractivity contribution in [2.75, 3.05) is 36.4 Å². The van der Waals surface area contributed by atoms with Crippen LogP contribution in [0.25, 0.3) is 11.0 Å². The third-order valence-electron chi connectivity index (χ3n) is 5.77. The number of Topliss-reactive ketones (excluding diaryl/α,β-unsaturated/α-hetero) is 1. The molecule has 0 aromatic carbocycles. The van der Waals surface area contributed by atoms with E-state index in [1.807, 2.05) is 6.07 Å². The average Bonchev–Trinajstić information content (AvgIpc) is 2.97. The molecule has 172 valence electrons. The largest absolute Gasteiger partial charge is 0.368 e. The molecule has 0 atom stereocenters. The number of piperazine rings is 1. The summed E-state index contributed by atoms with van der Waals surface area (Å²) in [7, 11) is 0. The molecule has 0 unspecified atom stereocenters. The van der Waals surface area contributed by atoms with Gasteiger partial charge in [-0.3, -0.25) is 14.2 Å². The van der Waals surface area contributed by atoms with Gasteiger partial charge in [0.05, 0.1) is 17.4 Å². The molecule has 3 aromatic rings. The molecule has 0 radical (unpaired) electrons. The summed E-state index contributed by atoms with van der Waals surface area (Å²) in [5.74, 6) is -0.397. The van der Waals surface area contributed by atoms with Crippen LogP contribution in [0.3, 0.4) is 0 Å². The van der Waals surface area contributed by atoms with E-state index >= 15 is 0 Å². The first kappa shape index (κ1) is 14.0. The van der Waals surface area contributed by atoms with E-state index in [-0.39, 0.29) is 28.1 Å². The van der Waals surface area contributed by atoms with Crippen molar-refractivity contribution in [3.63, 3.8) is 0 Å². The number of hydrogen-bond donors (Lipinski definition) is 2. The summed E-state index contributed by atoms with van der Waals surface area (Å²) in [6.45, 7) is 5.99. The van der Waals surface area contributed by atoms with Crippen LogP contribution in [0.15, 0.2) is 29.3 Å². The monoisotopic (exact) mass is 455 g/mol. The lowest BCUT2D eigenvalue weighted by Crippen LogP contribution is -2.43. The maximum atomic E-state index is 13.7. The molecule has 2 N–H and O–H groups in total. The summed E-state index contributed by atoms with van der Waals surface area (Å²) < 4.78 is 67.5. The summed E-state index contributed by atoms with van der Waals surface area (Å²) in [6, 6.07) is 1.26. The molecule has 4 heterocycles. The fourth-order valence-electron chi connectivity index (χ4n) is 4.11. The van der Waals surface area contributed by atoms with Gasteiger partial charge in [-0.05, 0) is 44.3 Å². The molecule has 1 aliphatic carbocycles. The van der Waals surface area contributed by atoms with Gasteiger partial charge in [-0.15, -0.1) is 0 Å². The lowest BCUT2D eigenvalue weighted by molar-refractivity contribution is 0.101. The van der Waals surface area contributed by atoms with Gasteiger partial charge in [0, 0.05) is 54.8 Å². The van der Waals surface area contributed by atoms with E-state index in [0.717, 1.165) is 38.8 Å². The van der Waals surface area contributed by atoms with E-state index in [2.05, 4.69) is 30.5 Å². The lowest BCUT2D eigenvalue weighted by atomic mass is 10.0. The van der Waals surface area contributed by atoms with Gasteiger partial charge in [-0.2, -0.15) is 4.98 Å². The first-order valence-corrected chi connectivity index (χ1v) is 10.7. The van der Waals surface area contributed by atoms with Crippen LogP contribution in [0.5, 0.6) is 0 Å². The fraction of sp³-hybridized carbons (Fsp3) is 0.458. The first-order chi connectivity index (χ1) is 19.0. The Morgan fingerprint density at radius 1 is 1.18 bits per heavy atom. The Labute approximate surface area is 203 Å². The number of nitrogens with one attached hydrogen (secondary N) is 2. The number of hydrogen-bond acceptors (Lipinski definition) is 8. The minimum absolute atomic E-state index is 0.0758. The summed E-state index contributed by atoms with van der Waals surface area (Å²) in [5, 5.41) is 6.32. The lowest BCUT2D eigenvalue weighted by Gasteiger charge is -2.29. The van der Waals surface area contributed by atoms with E-state index < -0.39 is 42.9 Å². The summed E-state index contributed by atoms with van der Waals surface area (Å²) >= 11 is 0. The van der Waals surface area contributed by atoms with Crippen LogP contribution in [-0.4, -0.2) is 51.5 Å². The molecular weight excluding hydrogens is 418 g/mol. The molecule has 0 bridgehead atoms. The molecular formula is C24H29N7O2. The number of anilines is 3. The molecule has 0 amide bonds. The molecule has 9 nitrogen and oxygen atoms in total. The van der Waals surface area contributed by atoms with Crippen LogP contribution in [0.1, 0.15) is 65.3 Å². The number of rotatable bonds is 5. The van der Waals surface area contributed by atoms with Crippen molar-refractivity contribution in [2.24, 2.45) is 0 Å². The van der Waals surface area contributed by atoms with Gasteiger partial charge < -0.3 is 15.5 Å².